The molecule has 0 radical (unpaired) electrons. The Morgan fingerprint density at radius 2 is 2.06 bits per heavy atom. The Labute approximate surface area is 110 Å². The van der Waals surface area contributed by atoms with Crippen LogP contribution in [0.2, 0.25) is 0 Å². The summed E-state index contributed by atoms with van der Waals surface area (Å²) >= 11 is 6.01. The molecule has 4 nitrogen and oxygen atoms in total. The molecule has 18 heavy (non-hydrogen) atoms. The number of alkyl halides is 1. The van der Waals surface area contributed by atoms with Crippen molar-refractivity contribution in [3.63, 3.8) is 0 Å². The molecule has 0 bridgehead atoms. The maximum atomic E-state index is 6.01. The molecule has 0 spiro atoms. The van der Waals surface area contributed by atoms with Gasteiger partial charge in [0.15, 0.2) is 11.5 Å². The summed E-state index contributed by atoms with van der Waals surface area (Å²) in [6, 6.07) is 5.82. The van der Waals surface area contributed by atoms with Crippen LogP contribution in [0.1, 0.15) is 18.9 Å². The summed E-state index contributed by atoms with van der Waals surface area (Å²) in [6.07, 6.45) is 0.680. The maximum absolute atomic E-state index is 6.01. The number of nitrogens with zero attached hydrogens (tertiary/aromatic N) is 1. The van der Waals surface area contributed by atoms with Crippen LogP contribution in [0.3, 0.4) is 0 Å². The molecule has 0 saturated carbocycles. The molecule has 0 fully saturated rings. The van der Waals surface area contributed by atoms with Gasteiger partial charge >= 0.3 is 0 Å². The van der Waals surface area contributed by atoms with Gasteiger partial charge in [0.25, 0.3) is 0 Å². The molecule has 0 aliphatic carbocycles. The number of oxime groups is 1. The monoisotopic (exact) mass is 267 g/mol. The summed E-state index contributed by atoms with van der Waals surface area (Å²) in [7, 11) is 0. The average molecular weight is 268 g/mol. The second kappa shape index (κ2) is 4.69. The zero-order valence-electron chi connectivity index (χ0n) is 10.1. The van der Waals surface area contributed by atoms with E-state index in [0.717, 1.165) is 29.2 Å². The minimum absolute atomic E-state index is 0.0464. The second-order valence-corrected chi connectivity index (χ2v) is 5.11. The van der Waals surface area contributed by atoms with E-state index in [9.17, 15) is 0 Å². The zero-order chi connectivity index (χ0) is 12.5. The number of hydrogen-bond acceptors (Lipinski definition) is 4. The van der Waals surface area contributed by atoms with E-state index < -0.39 is 0 Å². The molecule has 2 aliphatic rings. The first-order valence-electron chi connectivity index (χ1n) is 6.01. The fraction of sp³-hybridized carbons (Fsp3) is 0.462. The van der Waals surface area contributed by atoms with E-state index in [-0.39, 0.29) is 11.5 Å². The minimum atomic E-state index is -0.0524. The Hall–Kier alpha value is -1.42. The van der Waals surface area contributed by atoms with Crippen molar-refractivity contribution in [2.45, 2.75) is 24.8 Å². The van der Waals surface area contributed by atoms with Crippen LogP contribution in [0.4, 0.5) is 0 Å². The first-order chi connectivity index (χ1) is 8.74. The number of benzene rings is 1. The molecule has 0 amide bonds. The van der Waals surface area contributed by atoms with Crippen molar-refractivity contribution in [3.8, 4) is 11.5 Å². The van der Waals surface area contributed by atoms with Crippen molar-refractivity contribution in [1.82, 2.24) is 0 Å². The molecule has 96 valence electrons. The third-order valence-electron chi connectivity index (χ3n) is 3.08. The van der Waals surface area contributed by atoms with Gasteiger partial charge in [0, 0.05) is 12.0 Å². The van der Waals surface area contributed by atoms with Crippen LogP contribution < -0.4 is 9.47 Å². The first-order valence-corrected chi connectivity index (χ1v) is 6.44. The normalized spacial score (nSPS) is 23.2. The number of fused-ring (bicyclic) bond motifs is 1. The molecule has 2 aliphatic heterocycles. The van der Waals surface area contributed by atoms with Gasteiger partial charge in [-0.1, -0.05) is 5.16 Å². The molecular weight excluding hydrogens is 254 g/mol. The van der Waals surface area contributed by atoms with Crippen molar-refractivity contribution >= 4 is 17.3 Å². The van der Waals surface area contributed by atoms with Crippen molar-refractivity contribution in [3.05, 3.63) is 23.8 Å². The summed E-state index contributed by atoms with van der Waals surface area (Å²) in [5, 5.41) is 4.04. The maximum Gasteiger partial charge on any atom is 0.162 e. The van der Waals surface area contributed by atoms with Gasteiger partial charge in [-0.15, -0.1) is 11.6 Å². The van der Waals surface area contributed by atoms with Crippen LogP contribution in [0.15, 0.2) is 23.4 Å². The van der Waals surface area contributed by atoms with Gasteiger partial charge in [-0.2, -0.15) is 0 Å². The average Bonchev–Trinajstić information content (AvgIpc) is 2.88. The quantitative estimate of drug-likeness (QED) is 0.773. The zero-order valence-corrected chi connectivity index (χ0v) is 10.8. The fourth-order valence-corrected chi connectivity index (χ4v) is 2.17. The van der Waals surface area contributed by atoms with Crippen LogP contribution in [0.25, 0.3) is 0 Å². The SMILES string of the molecule is CC(Cl)C1CC(c2ccc3c(c2)OCCO3)=NO1. The molecule has 3 rings (SSSR count). The first kappa shape index (κ1) is 11.7. The van der Waals surface area contributed by atoms with Crippen molar-refractivity contribution < 1.29 is 14.3 Å². The Morgan fingerprint density at radius 1 is 1.28 bits per heavy atom. The molecular formula is C13H14ClNO3. The van der Waals surface area contributed by atoms with E-state index in [1.165, 1.54) is 0 Å². The lowest BCUT2D eigenvalue weighted by molar-refractivity contribution is 0.0855. The molecule has 0 N–H and O–H groups in total. The van der Waals surface area contributed by atoms with Crippen LogP contribution in [-0.4, -0.2) is 30.4 Å². The highest BCUT2D eigenvalue weighted by atomic mass is 35.5. The van der Waals surface area contributed by atoms with E-state index in [1.54, 1.807) is 0 Å². The largest absolute Gasteiger partial charge is 0.486 e. The van der Waals surface area contributed by atoms with Gasteiger partial charge < -0.3 is 14.3 Å². The summed E-state index contributed by atoms with van der Waals surface area (Å²) in [5.41, 5.74) is 1.91. The molecule has 2 atom stereocenters. The van der Waals surface area contributed by atoms with Gasteiger partial charge in [-0.05, 0) is 25.1 Å². The highest BCUT2D eigenvalue weighted by Crippen LogP contribution is 2.32. The van der Waals surface area contributed by atoms with E-state index >= 15 is 0 Å². The molecule has 2 heterocycles. The molecule has 1 aromatic rings. The van der Waals surface area contributed by atoms with Gasteiger partial charge in [0.1, 0.15) is 19.3 Å². The van der Waals surface area contributed by atoms with Gasteiger partial charge in [-0.25, -0.2) is 0 Å². The van der Waals surface area contributed by atoms with Crippen LogP contribution in [0, 0.1) is 0 Å². The van der Waals surface area contributed by atoms with Crippen LogP contribution in [0.5, 0.6) is 11.5 Å². The van der Waals surface area contributed by atoms with Crippen LogP contribution in [-0.2, 0) is 4.84 Å². The fourth-order valence-electron chi connectivity index (χ4n) is 2.04. The van der Waals surface area contributed by atoms with E-state index in [2.05, 4.69) is 5.16 Å². The summed E-state index contributed by atoms with van der Waals surface area (Å²) in [4.78, 5) is 5.31. The Morgan fingerprint density at radius 3 is 2.78 bits per heavy atom. The van der Waals surface area contributed by atoms with Gasteiger partial charge in [-0.3, -0.25) is 0 Å². The summed E-state index contributed by atoms with van der Waals surface area (Å²) in [5.74, 6) is 1.55. The highest BCUT2D eigenvalue weighted by molar-refractivity contribution is 6.21. The van der Waals surface area contributed by atoms with Crippen molar-refractivity contribution in [1.29, 1.82) is 0 Å². The highest BCUT2D eigenvalue weighted by Gasteiger charge is 2.27. The van der Waals surface area contributed by atoms with Crippen LogP contribution >= 0.6 is 11.6 Å². The lowest BCUT2D eigenvalue weighted by Crippen LogP contribution is -2.18. The number of hydrogen-bond donors (Lipinski definition) is 0. The second-order valence-electron chi connectivity index (χ2n) is 4.42. The summed E-state index contributed by atoms with van der Waals surface area (Å²) < 4.78 is 11.0. The van der Waals surface area contributed by atoms with Gasteiger partial charge in [0.05, 0.1) is 11.1 Å². The van der Waals surface area contributed by atoms with Crippen molar-refractivity contribution in [2.75, 3.05) is 13.2 Å². The Balaban J connectivity index is 1.81. The number of ether oxygens (including phenoxy) is 2. The standard InChI is InChI=1S/C13H14ClNO3/c1-8(14)12-7-10(15-18-12)9-2-3-11-13(6-9)17-5-4-16-11/h2-3,6,8,12H,4-5,7H2,1H3. The van der Waals surface area contributed by atoms with E-state index in [0.29, 0.717) is 13.2 Å². The lowest BCUT2D eigenvalue weighted by atomic mass is 10.0. The Kier molecular flexibility index (Phi) is 3.04. The molecule has 1 aromatic carbocycles. The predicted octanol–water partition coefficient (Wildman–Crippen LogP) is 2.58. The number of rotatable bonds is 2. The van der Waals surface area contributed by atoms with Crippen molar-refractivity contribution in [2.24, 2.45) is 5.16 Å². The number of halogens is 1. The third-order valence-corrected chi connectivity index (χ3v) is 3.36. The van der Waals surface area contributed by atoms with Gasteiger partial charge in [0.2, 0.25) is 0 Å². The smallest absolute Gasteiger partial charge is 0.162 e. The minimum Gasteiger partial charge on any atom is -0.486 e. The summed E-state index contributed by atoms with van der Waals surface area (Å²) in [6.45, 7) is 3.09. The van der Waals surface area contributed by atoms with E-state index in [4.69, 9.17) is 25.9 Å². The molecule has 0 aromatic heterocycles. The topological polar surface area (TPSA) is 40.0 Å². The third kappa shape index (κ3) is 2.12. The predicted molar refractivity (Wildman–Crippen MR) is 68.8 cm³/mol. The molecule has 0 saturated heterocycles. The molecule has 2 unspecified atom stereocenters. The lowest BCUT2D eigenvalue weighted by Gasteiger charge is -2.18. The Bertz CT molecular complexity index is 487. The molecule has 5 heteroatoms. The van der Waals surface area contributed by atoms with E-state index in [1.807, 2.05) is 25.1 Å².